The molecule has 0 aromatic heterocycles. The predicted octanol–water partition coefficient (Wildman–Crippen LogP) is 1.46. The summed E-state index contributed by atoms with van der Waals surface area (Å²) in [4.78, 5) is 0. The van der Waals surface area contributed by atoms with Crippen LogP contribution in [-0.4, -0.2) is 78.9 Å². The molecule has 0 saturated carbocycles. The van der Waals surface area contributed by atoms with Crippen LogP contribution in [-0.2, 0) is 0 Å². The van der Waals surface area contributed by atoms with Gasteiger partial charge in [0.25, 0.3) is 0 Å². The smallest absolute Gasteiger partial charge is 0.126 e. The van der Waals surface area contributed by atoms with Crippen molar-refractivity contribution in [1.82, 2.24) is 16.0 Å². The Morgan fingerprint density at radius 3 is 0.697 bits per heavy atom. The predicted molar refractivity (Wildman–Crippen MR) is 124 cm³/mol. The van der Waals surface area contributed by atoms with Gasteiger partial charge in [0.2, 0.25) is 0 Å². The normalized spacial score (nSPS) is 18.5. The molecule has 0 atom stereocenters. The summed E-state index contributed by atoms with van der Waals surface area (Å²) >= 11 is 0. The molecule has 0 amide bonds. The molecular formula is C24H33N3O6. The third-order valence-electron chi connectivity index (χ3n) is 4.99. The summed E-state index contributed by atoms with van der Waals surface area (Å²) in [6.45, 7) is 7.27. The van der Waals surface area contributed by atoms with E-state index in [1.165, 1.54) is 0 Å². The average Bonchev–Trinajstić information content (AvgIpc) is 2.81. The van der Waals surface area contributed by atoms with Gasteiger partial charge >= 0.3 is 0 Å². The van der Waals surface area contributed by atoms with E-state index in [0.717, 1.165) is 34.5 Å². The molecule has 0 fully saturated rings. The largest absolute Gasteiger partial charge is 0.492 e. The van der Waals surface area contributed by atoms with Crippen LogP contribution in [0.1, 0.15) is 0 Å². The first kappa shape index (κ1) is 23.3. The van der Waals surface area contributed by atoms with Gasteiger partial charge in [0.1, 0.15) is 74.1 Å². The van der Waals surface area contributed by atoms with Crippen molar-refractivity contribution >= 4 is 0 Å². The van der Waals surface area contributed by atoms with Gasteiger partial charge in [0.05, 0.1) is 0 Å². The molecule has 0 aliphatic carbocycles. The van der Waals surface area contributed by atoms with Gasteiger partial charge in [-0.3, -0.25) is 0 Å². The summed E-state index contributed by atoms with van der Waals surface area (Å²) in [5.41, 5.74) is 0. The highest BCUT2D eigenvalue weighted by Gasteiger charge is 2.08. The lowest BCUT2D eigenvalue weighted by molar-refractivity contribution is 0.262. The zero-order valence-corrected chi connectivity index (χ0v) is 18.9. The zero-order valence-electron chi connectivity index (χ0n) is 18.9. The van der Waals surface area contributed by atoms with Crippen molar-refractivity contribution < 1.29 is 28.4 Å². The van der Waals surface area contributed by atoms with E-state index < -0.39 is 0 Å². The third kappa shape index (κ3) is 8.20. The van der Waals surface area contributed by atoms with Gasteiger partial charge < -0.3 is 44.4 Å². The lowest BCUT2D eigenvalue weighted by Gasteiger charge is -2.16. The molecule has 9 nitrogen and oxygen atoms in total. The first-order valence-electron chi connectivity index (χ1n) is 11.5. The van der Waals surface area contributed by atoms with E-state index in [9.17, 15) is 0 Å². The number of fused-ring (bicyclic) bond motifs is 18. The van der Waals surface area contributed by atoms with Crippen LogP contribution >= 0.6 is 0 Å². The van der Waals surface area contributed by atoms with Gasteiger partial charge in [0, 0.05) is 75.7 Å². The van der Waals surface area contributed by atoms with Crippen molar-refractivity contribution in [3.8, 4) is 34.5 Å². The van der Waals surface area contributed by atoms with E-state index in [1.54, 1.807) is 0 Å². The molecule has 3 aliphatic heterocycles. The maximum Gasteiger partial charge on any atom is 0.126 e. The zero-order chi connectivity index (χ0) is 22.6. The fourth-order valence-electron chi connectivity index (χ4n) is 3.41. The molecule has 0 radical (unpaired) electrons. The van der Waals surface area contributed by atoms with Crippen LogP contribution in [0, 0.1) is 0 Å². The Morgan fingerprint density at radius 2 is 0.515 bits per heavy atom. The molecule has 0 saturated heterocycles. The van der Waals surface area contributed by atoms with Crippen molar-refractivity contribution in [2.24, 2.45) is 0 Å². The minimum absolute atomic E-state index is 0.521. The second-order valence-corrected chi connectivity index (χ2v) is 7.62. The molecule has 0 unspecified atom stereocenters. The Kier molecular flexibility index (Phi) is 9.16. The van der Waals surface area contributed by atoms with E-state index in [4.69, 9.17) is 28.4 Å². The van der Waals surface area contributed by atoms with Gasteiger partial charge in [-0.15, -0.1) is 0 Å². The van der Waals surface area contributed by atoms with Gasteiger partial charge in [-0.1, -0.05) is 0 Å². The van der Waals surface area contributed by atoms with E-state index in [1.807, 2.05) is 36.4 Å². The molecule has 2 aromatic carbocycles. The van der Waals surface area contributed by atoms with Crippen molar-refractivity contribution in [2.75, 3.05) is 78.9 Å². The number of hydrogen-bond acceptors (Lipinski definition) is 9. The lowest BCUT2D eigenvalue weighted by Crippen LogP contribution is -2.27. The second kappa shape index (κ2) is 13.0. The fraction of sp³-hybridized carbons (Fsp3) is 0.500. The van der Waals surface area contributed by atoms with E-state index in [0.29, 0.717) is 78.9 Å². The second-order valence-electron chi connectivity index (χ2n) is 7.62. The Bertz CT molecular complexity index is 664. The van der Waals surface area contributed by atoms with E-state index in [2.05, 4.69) is 16.0 Å². The Hall–Kier alpha value is -2.88. The summed E-state index contributed by atoms with van der Waals surface area (Å²) in [5, 5.41) is 9.99. The Labute approximate surface area is 194 Å². The standard InChI is InChI=1S/C24H33N3O6/c1-7-28-19-13-20-15-21(14-19)31-10-4-27-6-12-33-24-17-22(29-8-2-25-1)16-23(18-24)32-11-5-26-3-9-30-20/h13-18,25-27H,1-12H2. The van der Waals surface area contributed by atoms with Crippen molar-refractivity contribution in [3.05, 3.63) is 36.4 Å². The number of hydrogen-bond donors (Lipinski definition) is 3. The van der Waals surface area contributed by atoms with Crippen molar-refractivity contribution in [1.29, 1.82) is 0 Å². The molecule has 9 heteroatoms. The molecule has 3 aliphatic rings. The minimum Gasteiger partial charge on any atom is -0.492 e. The van der Waals surface area contributed by atoms with Crippen molar-refractivity contribution in [3.63, 3.8) is 0 Å². The monoisotopic (exact) mass is 459 g/mol. The van der Waals surface area contributed by atoms with Crippen LogP contribution in [0.2, 0.25) is 0 Å². The average molecular weight is 460 g/mol. The number of ether oxygens (including phenoxy) is 6. The van der Waals surface area contributed by atoms with Crippen LogP contribution in [0.3, 0.4) is 0 Å². The molecule has 6 bridgehead atoms. The molecule has 3 N–H and O–H groups in total. The summed E-state index contributed by atoms with van der Waals surface area (Å²) in [5.74, 6) is 4.31. The molecule has 180 valence electrons. The van der Waals surface area contributed by atoms with Crippen molar-refractivity contribution in [2.45, 2.75) is 0 Å². The molecule has 33 heavy (non-hydrogen) atoms. The number of benzene rings is 2. The van der Waals surface area contributed by atoms with Gasteiger partial charge in [-0.05, 0) is 0 Å². The topological polar surface area (TPSA) is 91.5 Å². The first-order chi connectivity index (χ1) is 16.3. The lowest BCUT2D eigenvalue weighted by atomic mass is 10.3. The van der Waals surface area contributed by atoms with Gasteiger partial charge in [0.15, 0.2) is 0 Å². The van der Waals surface area contributed by atoms with Gasteiger partial charge in [-0.2, -0.15) is 0 Å². The van der Waals surface area contributed by atoms with Crippen LogP contribution in [0.4, 0.5) is 0 Å². The van der Waals surface area contributed by atoms with Crippen LogP contribution in [0.25, 0.3) is 0 Å². The van der Waals surface area contributed by atoms with E-state index in [-0.39, 0.29) is 0 Å². The quantitative estimate of drug-likeness (QED) is 0.507. The first-order valence-corrected chi connectivity index (χ1v) is 11.5. The molecule has 5 rings (SSSR count). The maximum absolute atomic E-state index is 5.93. The molecular weight excluding hydrogens is 426 g/mol. The summed E-state index contributed by atoms with van der Waals surface area (Å²) in [7, 11) is 0. The Balaban J connectivity index is 1.52. The van der Waals surface area contributed by atoms with E-state index >= 15 is 0 Å². The van der Waals surface area contributed by atoms with Crippen LogP contribution in [0.15, 0.2) is 36.4 Å². The fourth-order valence-corrected chi connectivity index (χ4v) is 3.41. The maximum atomic E-state index is 5.93. The highest BCUT2D eigenvalue weighted by molar-refractivity contribution is 5.43. The molecule has 2 aromatic rings. The summed E-state index contributed by atoms with van der Waals surface area (Å²) < 4.78 is 35.6. The molecule has 3 heterocycles. The highest BCUT2D eigenvalue weighted by atomic mass is 16.5. The number of nitrogens with one attached hydrogen (secondary N) is 3. The summed E-state index contributed by atoms with van der Waals surface area (Å²) in [6, 6.07) is 11.4. The minimum atomic E-state index is 0.521. The van der Waals surface area contributed by atoms with Crippen LogP contribution in [0.5, 0.6) is 34.5 Å². The number of rotatable bonds is 0. The SMILES string of the molecule is c1c2cc3cc1OCCNCCOc1cc(cc(c1)OCCNCCO3)OCCNCCO2. The molecule has 0 spiro atoms. The Morgan fingerprint density at radius 1 is 0.333 bits per heavy atom. The highest BCUT2D eigenvalue weighted by Crippen LogP contribution is 2.29. The summed E-state index contributed by atoms with van der Waals surface area (Å²) in [6.07, 6.45) is 0. The van der Waals surface area contributed by atoms with Gasteiger partial charge in [-0.25, -0.2) is 0 Å². The van der Waals surface area contributed by atoms with Crippen LogP contribution < -0.4 is 44.4 Å². The third-order valence-corrected chi connectivity index (χ3v) is 4.99.